The van der Waals surface area contributed by atoms with Crippen molar-refractivity contribution in [1.82, 2.24) is 20.2 Å². The van der Waals surface area contributed by atoms with E-state index in [4.69, 9.17) is 11.6 Å². The lowest BCUT2D eigenvalue weighted by Crippen LogP contribution is -2.12. The first-order valence-corrected chi connectivity index (χ1v) is 9.03. The number of nitrogens with one attached hydrogen (secondary N) is 2. The van der Waals surface area contributed by atoms with Crippen molar-refractivity contribution in [3.8, 4) is 22.5 Å². The second-order valence-electron chi connectivity index (χ2n) is 5.52. The van der Waals surface area contributed by atoms with Gasteiger partial charge >= 0.3 is 0 Å². The number of hydrogen-bond acceptors (Lipinski definition) is 5. The molecule has 1 aromatic carbocycles. The topological polar surface area (TPSA) is 83.6 Å². The van der Waals surface area contributed by atoms with Crippen molar-refractivity contribution < 1.29 is 9.18 Å². The summed E-state index contributed by atoms with van der Waals surface area (Å²) >= 11 is 7.13. The molecule has 0 saturated carbocycles. The van der Waals surface area contributed by atoms with Gasteiger partial charge in [0.1, 0.15) is 5.82 Å². The Bertz CT molecular complexity index is 1110. The van der Waals surface area contributed by atoms with Gasteiger partial charge in [-0.15, -0.1) is 11.3 Å². The average Bonchev–Trinajstić information content (AvgIpc) is 3.34. The van der Waals surface area contributed by atoms with Gasteiger partial charge in [0.25, 0.3) is 5.91 Å². The first-order valence-electron chi connectivity index (χ1n) is 7.78. The third kappa shape index (κ3) is 3.57. The molecule has 134 valence electrons. The molecule has 0 spiro atoms. The summed E-state index contributed by atoms with van der Waals surface area (Å²) in [5.41, 5.74) is 2.88. The quantitative estimate of drug-likeness (QED) is 0.523. The van der Waals surface area contributed by atoms with Gasteiger partial charge in [-0.2, -0.15) is 5.10 Å². The molecule has 0 radical (unpaired) electrons. The highest BCUT2D eigenvalue weighted by molar-refractivity contribution is 7.14. The van der Waals surface area contributed by atoms with Crippen molar-refractivity contribution >= 4 is 34.0 Å². The first-order chi connectivity index (χ1) is 13.1. The Morgan fingerprint density at radius 2 is 2.11 bits per heavy atom. The smallest absolute Gasteiger partial charge is 0.261 e. The van der Waals surface area contributed by atoms with E-state index in [-0.39, 0.29) is 10.9 Å². The Morgan fingerprint density at radius 3 is 2.89 bits per heavy atom. The number of aromatic nitrogens is 4. The molecule has 0 aliphatic carbocycles. The molecule has 0 unspecified atom stereocenters. The number of carbonyl (C=O) groups excluding carboxylic acids is 1. The van der Waals surface area contributed by atoms with Crippen LogP contribution >= 0.6 is 22.9 Å². The maximum absolute atomic E-state index is 13.4. The third-order valence-corrected chi connectivity index (χ3v) is 4.82. The van der Waals surface area contributed by atoms with Crippen molar-refractivity contribution in [2.45, 2.75) is 0 Å². The van der Waals surface area contributed by atoms with Gasteiger partial charge in [-0.1, -0.05) is 11.6 Å². The summed E-state index contributed by atoms with van der Waals surface area (Å²) < 4.78 is 13.4. The molecule has 6 nitrogen and oxygen atoms in total. The number of pyridine rings is 1. The highest BCUT2D eigenvalue weighted by Crippen LogP contribution is 2.28. The van der Waals surface area contributed by atoms with Crippen molar-refractivity contribution in [2.24, 2.45) is 0 Å². The lowest BCUT2D eigenvalue weighted by molar-refractivity contribution is 0.102. The van der Waals surface area contributed by atoms with Gasteiger partial charge in [0.05, 0.1) is 28.2 Å². The molecule has 1 amide bonds. The minimum Gasteiger partial charge on any atom is -0.298 e. The van der Waals surface area contributed by atoms with Crippen LogP contribution in [0.4, 0.5) is 9.52 Å². The fourth-order valence-electron chi connectivity index (χ4n) is 2.47. The van der Waals surface area contributed by atoms with Crippen LogP contribution in [0.2, 0.25) is 5.02 Å². The Labute approximate surface area is 162 Å². The van der Waals surface area contributed by atoms with Gasteiger partial charge in [-0.05, 0) is 30.3 Å². The number of thiazole rings is 1. The summed E-state index contributed by atoms with van der Waals surface area (Å²) in [5, 5.41) is 11.7. The number of nitrogens with zero attached hydrogens (tertiary/aromatic N) is 3. The second kappa shape index (κ2) is 7.26. The first kappa shape index (κ1) is 17.3. The van der Waals surface area contributed by atoms with Crippen LogP contribution in [0, 0.1) is 5.82 Å². The number of hydrogen-bond donors (Lipinski definition) is 2. The molecule has 4 rings (SSSR count). The molecule has 4 aromatic rings. The predicted octanol–water partition coefficient (Wildman–Crippen LogP) is 4.64. The number of aromatic amines is 1. The number of amides is 1. The van der Waals surface area contributed by atoms with Crippen LogP contribution in [0.1, 0.15) is 10.4 Å². The van der Waals surface area contributed by atoms with E-state index in [1.54, 1.807) is 12.4 Å². The van der Waals surface area contributed by atoms with E-state index >= 15 is 0 Å². The summed E-state index contributed by atoms with van der Waals surface area (Å²) in [4.78, 5) is 21.1. The van der Waals surface area contributed by atoms with Gasteiger partial charge in [-0.3, -0.25) is 20.2 Å². The van der Waals surface area contributed by atoms with E-state index < -0.39 is 5.82 Å². The Kier molecular flexibility index (Phi) is 4.66. The van der Waals surface area contributed by atoms with Crippen LogP contribution in [0.5, 0.6) is 0 Å². The number of H-pyrrole nitrogens is 1. The van der Waals surface area contributed by atoms with Crippen LogP contribution in [0.25, 0.3) is 22.5 Å². The molecule has 9 heteroatoms. The third-order valence-electron chi connectivity index (χ3n) is 3.77. The van der Waals surface area contributed by atoms with Gasteiger partial charge in [0.2, 0.25) is 0 Å². The molecule has 2 N–H and O–H groups in total. The molecule has 0 fully saturated rings. The van der Waals surface area contributed by atoms with E-state index in [1.165, 1.54) is 35.7 Å². The highest BCUT2D eigenvalue weighted by Gasteiger charge is 2.18. The lowest BCUT2D eigenvalue weighted by atomic mass is 10.1. The Balaban J connectivity index is 1.57. The SMILES string of the molecule is O=C(Nc1nc(-c2cccnc2)cs1)c1cn[nH]c1-c1ccc(F)c(Cl)c1. The molecule has 3 heterocycles. The summed E-state index contributed by atoms with van der Waals surface area (Å²) in [5.74, 6) is -0.914. The molecule has 3 aromatic heterocycles. The normalized spacial score (nSPS) is 10.7. The number of rotatable bonds is 4. The molecule has 27 heavy (non-hydrogen) atoms. The average molecular weight is 400 g/mol. The van der Waals surface area contributed by atoms with E-state index in [0.717, 1.165) is 11.3 Å². The van der Waals surface area contributed by atoms with Crippen molar-refractivity contribution in [1.29, 1.82) is 0 Å². The molecular weight excluding hydrogens is 389 g/mol. The van der Waals surface area contributed by atoms with Crippen molar-refractivity contribution in [3.05, 3.63) is 70.7 Å². The maximum Gasteiger partial charge on any atom is 0.261 e. The summed E-state index contributed by atoms with van der Waals surface area (Å²) in [6.07, 6.45) is 4.78. The monoisotopic (exact) mass is 399 g/mol. The second-order valence-corrected chi connectivity index (χ2v) is 6.79. The minimum atomic E-state index is -0.531. The highest BCUT2D eigenvalue weighted by atomic mass is 35.5. The standard InChI is InChI=1S/C18H11ClFN5OS/c19-13-6-10(3-4-14(13)20)16-12(8-22-25-16)17(26)24-18-23-15(9-27-18)11-2-1-5-21-7-11/h1-9H,(H,22,25)(H,23,24,26). The fourth-order valence-corrected chi connectivity index (χ4v) is 3.37. The zero-order valence-electron chi connectivity index (χ0n) is 13.6. The van der Waals surface area contributed by atoms with Crippen molar-refractivity contribution in [3.63, 3.8) is 0 Å². The molecular formula is C18H11ClFN5OS. The van der Waals surface area contributed by atoms with Crippen LogP contribution in [-0.4, -0.2) is 26.1 Å². The van der Waals surface area contributed by atoms with Crippen LogP contribution in [0.15, 0.2) is 54.3 Å². The molecule has 0 aliphatic heterocycles. The predicted molar refractivity (Wildman–Crippen MR) is 102 cm³/mol. The van der Waals surface area contributed by atoms with E-state index in [2.05, 4.69) is 25.5 Å². The minimum absolute atomic E-state index is 0.0329. The van der Waals surface area contributed by atoms with Crippen molar-refractivity contribution in [2.75, 3.05) is 5.32 Å². The fraction of sp³-hybridized carbons (Fsp3) is 0. The molecule has 0 atom stereocenters. The summed E-state index contributed by atoms with van der Waals surface area (Å²) in [6.45, 7) is 0. The summed E-state index contributed by atoms with van der Waals surface area (Å²) in [7, 11) is 0. The van der Waals surface area contributed by atoms with Gasteiger partial charge in [0.15, 0.2) is 5.13 Å². The van der Waals surface area contributed by atoms with E-state index in [0.29, 0.717) is 22.0 Å². The maximum atomic E-state index is 13.4. The lowest BCUT2D eigenvalue weighted by Gasteiger charge is -2.04. The van der Waals surface area contributed by atoms with E-state index in [1.807, 2.05) is 17.5 Å². The number of carbonyl (C=O) groups is 1. The number of benzene rings is 1. The molecule has 0 aliphatic rings. The molecule has 0 bridgehead atoms. The van der Waals surface area contributed by atoms with Crippen LogP contribution in [0.3, 0.4) is 0 Å². The zero-order valence-corrected chi connectivity index (χ0v) is 15.2. The largest absolute Gasteiger partial charge is 0.298 e. The molecule has 0 saturated heterocycles. The summed E-state index contributed by atoms with van der Waals surface area (Å²) in [6, 6.07) is 7.90. The number of halogens is 2. The Morgan fingerprint density at radius 1 is 1.22 bits per heavy atom. The van der Waals surface area contributed by atoms with Gasteiger partial charge in [-0.25, -0.2) is 9.37 Å². The Hall–Kier alpha value is -3.10. The van der Waals surface area contributed by atoms with E-state index in [9.17, 15) is 9.18 Å². The zero-order chi connectivity index (χ0) is 18.8. The van der Waals surface area contributed by atoms with Gasteiger partial charge in [0, 0.05) is 28.9 Å². The van der Waals surface area contributed by atoms with Crippen LogP contribution in [-0.2, 0) is 0 Å². The van der Waals surface area contributed by atoms with Crippen LogP contribution < -0.4 is 5.32 Å². The number of anilines is 1. The van der Waals surface area contributed by atoms with Gasteiger partial charge < -0.3 is 0 Å².